The predicted molar refractivity (Wildman–Crippen MR) is 170 cm³/mol. The zero-order valence-corrected chi connectivity index (χ0v) is 28.0. The Labute approximate surface area is 268 Å². The summed E-state index contributed by atoms with van der Waals surface area (Å²) in [5, 5.41) is 16.6. The van der Waals surface area contributed by atoms with E-state index in [9.17, 15) is 24.0 Å². The molecule has 45 heavy (non-hydrogen) atoms. The van der Waals surface area contributed by atoms with Crippen LogP contribution in [0.15, 0.2) is 24.4 Å². The molecule has 2 atom stereocenters. The third-order valence-electron chi connectivity index (χ3n) is 5.55. The van der Waals surface area contributed by atoms with Crippen molar-refractivity contribution in [1.29, 1.82) is 0 Å². The van der Waals surface area contributed by atoms with E-state index < -0.39 is 24.0 Å². The average molecular weight is 645 g/mol. The quantitative estimate of drug-likeness (QED) is 0.120. The maximum Gasteiger partial charge on any atom is 0.326 e. The van der Waals surface area contributed by atoms with Gasteiger partial charge in [-0.05, 0) is 19.4 Å². The molecule has 0 bridgehead atoms. The molecule has 0 saturated carbocycles. The van der Waals surface area contributed by atoms with E-state index >= 15 is 0 Å². The van der Waals surface area contributed by atoms with Crippen molar-refractivity contribution < 1.29 is 48.0 Å². The van der Waals surface area contributed by atoms with Gasteiger partial charge in [0.2, 0.25) is 17.7 Å². The fourth-order valence-corrected chi connectivity index (χ4v) is 3.25. The maximum absolute atomic E-state index is 12.0. The molecule has 0 aromatic rings. The molecule has 14 heteroatoms. The Morgan fingerprint density at radius 1 is 0.822 bits per heavy atom. The Hall–Kier alpha value is -3.33. The molecule has 0 radical (unpaired) electrons. The van der Waals surface area contributed by atoms with Crippen LogP contribution in [-0.2, 0) is 42.9 Å². The highest BCUT2D eigenvalue weighted by Gasteiger charge is 2.22. The zero-order chi connectivity index (χ0) is 34.5. The number of carboxylic acid groups (broad SMARTS) is 1. The second-order valence-electron chi connectivity index (χ2n) is 9.42. The summed E-state index contributed by atoms with van der Waals surface area (Å²) >= 11 is 0. The summed E-state index contributed by atoms with van der Waals surface area (Å²) in [6, 6.07) is -1.86. The first kappa shape index (κ1) is 43.8. The molecule has 1 aliphatic heterocycles. The predicted octanol–water partition coefficient (Wildman–Crippen LogP) is 1.79. The Bertz CT molecular complexity index is 880. The fraction of sp³-hybridized carbons (Fsp3) is 0.710. The van der Waals surface area contributed by atoms with E-state index in [-0.39, 0.29) is 56.7 Å². The lowest BCUT2D eigenvalue weighted by atomic mass is 10.2. The molecule has 0 aromatic heterocycles. The Balaban J connectivity index is 0. The van der Waals surface area contributed by atoms with Gasteiger partial charge in [-0.25, -0.2) is 4.79 Å². The summed E-state index contributed by atoms with van der Waals surface area (Å²) in [7, 11) is 0. The van der Waals surface area contributed by atoms with E-state index in [0.717, 1.165) is 0 Å². The highest BCUT2D eigenvalue weighted by Crippen LogP contribution is 2.12. The number of allylic oxidation sites excluding steroid dienone is 1. The number of hydrogen-bond acceptors (Lipinski definition) is 9. The van der Waals surface area contributed by atoms with Gasteiger partial charge in [0.05, 0.1) is 52.9 Å². The average Bonchev–Trinajstić information content (AvgIpc) is 3.33. The largest absolute Gasteiger partial charge is 0.480 e. The summed E-state index contributed by atoms with van der Waals surface area (Å²) < 4.78 is 21.5. The molecule has 2 unspecified atom stereocenters. The molecule has 4 N–H and O–H groups in total. The molecule has 0 saturated heterocycles. The summed E-state index contributed by atoms with van der Waals surface area (Å²) in [5.74, 6) is -2.42. The van der Waals surface area contributed by atoms with Gasteiger partial charge in [0.15, 0.2) is 0 Å². The second kappa shape index (κ2) is 29.4. The SMILES string of the molecule is C=C1C=CC(=O)N1CCC(=O)NCCOCCOCCOCCOCCC(=O)NC(C)C(=O)NC(CC)C(=O)O.CC.CCC. The standard InChI is InChI=1S/C26H42N4O10.C3H8.C2H6/c1-4-21(26(35)36)29-25(34)20(3)28-23(32)8-11-37-13-15-39-17-18-40-16-14-38-12-9-27-22(31)7-10-30-19(2)5-6-24(30)33;1-3-2;1-2/h5-6,20-21H,2,4,7-18H2,1,3H3,(H,27,31)(H,28,32)(H,29,34)(H,35,36);3H2,1-2H3;1-2H3. The normalized spacial score (nSPS) is 13.2. The van der Waals surface area contributed by atoms with Crippen molar-refractivity contribution in [2.24, 2.45) is 0 Å². The molecule has 1 aliphatic rings. The van der Waals surface area contributed by atoms with Crippen LogP contribution in [0.25, 0.3) is 0 Å². The Kier molecular flexibility index (Phi) is 28.6. The van der Waals surface area contributed by atoms with E-state index in [1.54, 1.807) is 13.0 Å². The van der Waals surface area contributed by atoms with Crippen molar-refractivity contribution >= 4 is 29.6 Å². The van der Waals surface area contributed by atoms with E-state index in [4.69, 9.17) is 24.1 Å². The number of amides is 4. The minimum atomic E-state index is -1.13. The van der Waals surface area contributed by atoms with Crippen LogP contribution in [0.3, 0.4) is 0 Å². The Morgan fingerprint density at radius 3 is 1.80 bits per heavy atom. The van der Waals surface area contributed by atoms with E-state index in [2.05, 4.69) is 36.4 Å². The topological polar surface area (TPSA) is 182 Å². The summed E-state index contributed by atoms with van der Waals surface area (Å²) in [5.41, 5.74) is 0.583. The summed E-state index contributed by atoms with van der Waals surface area (Å²) in [6.45, 7) is 18.3. The van der Waals surface area contributed by atoms with Gasteiger partial charge in [0.25, 0.3) is 5.91 Å². The molecule has 1 rings (SSSR count). The molecule has 0 fully saturated rings. The first-order valence-corrected chi connectivity index (χ1v) is 15.7. The van der Waals surface area contributed by atoms with Crippen LogP contribution in [0.1, 0.15) is 67.2 Å². The molecular formula is C31H56N4O10. The number of nitrogens with zero attached hydrogens (tertiary/aromatic N) is 1. The monoisotopic (exact) mass is 644 g/mol. The Morgan fingerprint density at radius 2 is 1.33 bits per heavy atom. The van der Waals surface area contributed by atoms with Crippen molar-refractivity contribution in [3.05, 3.63) is 24.4 Å². The van der Waals surface area contributed by atoms with Crippen LogP contribution in [0.5, 0.6) is 0 Å². The van der Waals surface area contributed by atoms with Crippen molar-refractivity contribution in [3.8, 4) is 0 Å². The van der Waals surface area contributed by atoms with Gasteiger partial charge in [0.1, 0.15) is 12.1 Å². The number of carboxylic acids is 1. The molecule has 0 aromatic carbocycles. The van der Waals surface area contributed by atoms with E-state index in [1.165, 1.54) is 24.3 Å². The van der Waals surface area contributed by atoms with Crippen LogP contribution < -0.4 is 16.0 Å². The number of nitrogens with one attached hydrogen (secondary N) is 3. The number of rotatable bonds is 23. The van der Waals surface area contributed by atoms with Gasteiger partial charge in [-0.15, -0.1) is 0 Å². The minimum Gasteiger partial charge on any atom is -0.480 e. The van der Waals surface area contributed by atoms with Crippen molar-refractivity contribution in [2.75, 3.05) is 65.9 Å². The molecule has 260 valence electrons. The van der Waals surface area contributed by atoms with Gasteiger partial charge < -0.3 is 44.9 Å². The smallest absolute Gasteiger partial charge is 0.326 e. The van der Waals surface area contributed by atoms with Gasteiger partial charge in [-0.2, -0.15) is 0 Å². The lowest BCUT2D eigenvalue weighted by Gasteiger charge is -2.17. The number of aliphatic carboxylic acids is 1. The van der Waals surface area contributed by atoms with Gasteiger partial charge in [-0.3, -0.25) is 19.2 Å². The van der Waals surface area contributed by atoms with E-state index in [1.807, 2.05) is 13.8 Å². The highest BCUT2D eigenvalue weighted by molar-refractivity contribution is 5.93. The minimum absolute atomic E-state index is 0.0496. The van der Waals surface area contributed by atoms with Crippen LogP contribution in [0, 0.1) is 0 Å². The van der Waals surface area contributed by atoms with Gasteiger partial charge in [-0.1, -0.05) is 47.6 Å². The van der Waals surface area contributed by atoms with Crippen molar-refractivity contribution in [3.63, 3.8) is 0 Å². The molecule has 0 aliphatic carbocycles. The molecule has 1 heterocycles. The number of ether oxygens (including phenoxy) is 4. The van der Waals surface area contributed by atoms with Crippen LogP contribution in [0.2, 0.25) is 0 Å². The van der Waals surface area contributed by atoms with Crippen molar-refractivity contribution in [2.45, 2.75) is 79.3 Å². The lowest BCUT2D eigenvalue weighted by molar-refractivity contribution is -0.142. The van der Waals surface area contributed by atoms with Gasteiger partial charge >= 0.3 is 5.97 Å². The number of carbonyl (C=O) groups excluding carboxylic acids is 4. The maximum atomic E-state index is 12.0. The number of hydrogen-bond donors (Lipinski definition) is 4. The number of carbonyl (C=O) groups is 5. The molecule has 4 amide bonds. The highest BCUT2D eigenvalue weighted by atomic mass is 16.6. The van der Waals surface area contributed by atoms with Crippen molar-refractivity contribution in [1.82, 2.24) is 20.9 Å². The molecule has 14 nitrogen and oxygen atoms in total. The zero-order valence-electron chi connectivity index (χ0n) is 28.0. The third-order valence-corrected chi connectivity index (χ3v) is 5.55. The third kappa shape index (κ3) is 23.7. The molecule has 0 spiro atoms. The summed E-state index contributed by atoms with van der Waals surface area (Å²) in [6.07, 6.45) is 4.77. The van der Waals surface area contributed by atoms with Gasteiger partial charge in [0, 0.05) is 37.7 Å². The first-order valence-electron chi connectivity index (χ1n) is 15.7. The lowest BCUT2D eigenvalue weighted by Crippen LogP contribution is -2.50. The van der Waals surface area contributed by atoms with Crippen LogP contribution >= 0.6 is 0 Å². The summed E-state index contributed by atoms with van der Waals surface area (Å²) in [4.78, 5) is 59.7. The second-order valence-corrected chi connectivity index (χ2v) is 9.42. The fourth-order valence-electron chi connectivity index (χ4n) is 3.25. The van der Waals surface area contributed by atoms with E-state index in [0.29, 0.717) is 51.9 Å². The van der Waals surface area contributed by atoms with Crippen LogP contribution in [-0.4, -0.2) is 118 Å². The molecular weight excluding hydrogens is 588 g/mol. The van der Waals surface area contributed by atoms with Crippen LogP contribution in [0.4, 0.5) is 0 Å². The first-order chi connectivity index (χ1) is 21.6.